The normalized spacial score (nSPS) is 11.4. The quantitative estimate of drug-likeness (QED) is 0.372. The highest BCUT2D eigenvalue weighted by molar-refractivity contribution is 5.89. The Bertz CT molecular complexity index is 1460. The van der Waals surface area contributed by atoms with Crippen LogP contribution in [0.15, 0.2) is 67.4 Å². The van der Waals surface area contributed by atoms with E-state index in [0.717, 1.165) is 17.1 Å². The van der Waals surface area contributed by atoms with Crippen LogP contribution in [0.3, 0.4) is 0 Å². The fraction of sp³-hybridized carbons (Fsp3) is 0.125. The summed E-state index contributed by atoms with van der Waals surface area (Å²) in [6, 6.07) is 12.4. The Kier molecular flexibility index (Phi) is 5.33. The Labute approximate surface area is 189 Å². The van der Waals surface area contributed by atoms with Crippen molar-refractivity contribution in [2.24, 2.45) is 5.73 Å². The molecule has 33 heavy (non-hydrogen) atoms. The van der Waals surface area contributed by atoms with Crippen LogP contribution in [0.2, 0.25) is 0 Å². The van der Waals surface area contributed by atoms with E-state index >= 15 is 4.39 Å². The monoisotopic (exact) mass is 443 g/mol. The number of rotatable bonds is 6. The van der Waals surface area contributed by atoms with E-state index < -0.39 is 5.82 Å². The van der Waals surface area contributed by atoms with E-state index in [4.69, 9.17) is 5.73 Å². The Balaban J connectivity index is 1.60. The topological polar surface area (TPSA) is 107 Å². The molecule has 0 atom stereocenters. The minimum Gasteiger partial charge on any atom is -0.504 e. The fourth-order valence-electron chi connectivity index (χ4n) is 3.92. The van der Waals surface area contributed by atoms with Gasteiger partial charge < -0.3 is 20.7 Å². The summed E-state index contributed by atoms with van der Waals surface area (Å²) in [6.45, 7) is 0.939. The van der Waals surface area contributed by atoms with Crippen molar-refractivity contribution in [1.82, 2.24) is 29.4 Å². The van der Waals surface area contributed by atoms with Gasteiger partial charge in [0.1, 0.15) is 34.7 Å². The van der Waals surface area contributed by atoms with Gasteiger partial charge in [-0.25, -0.2) is 19.3 Å². The van der Waals surface area contributed by atoms with Gasteiger partial charge in [0.25, 0.3) is 0 Å². The number of aromatic hydroxyl groups is 1. The zero-order valence-electron chi connectivity index (χ0n) is 17.9. The number of imidazole rings is 2. The molecule has 0 bridgehead atoms. The lowest BCUT2D eigenvalue weighted by Gasteiger charge is -2.12. The standard InChI is InChI=1S/C24H22FN7O/c1-27-13-21-28-7-8-31(21)17-5-6-18(19(25)10-17)22-24(33)23-20(12-29-22)30-14-32(23)16-4-2-3-15(9-16)11-26/h2-10,12,14,27,33H,11,13,26H2,1H3. The van der Waals surface area contributed by atoms with E-state index in [2.05, 4.69) is 20.3 Å². The predicted octanol–water partition coefficient (Wildman–Crippen LogP) is 3.30. The SMILES string of the molecule is CNCc1nccn1-c1ccc(-c2ncc3ncn(-c4cccc(CN)c4)c3c2O)c(F)c1. The van der Waals surface area contributed by atoms with Crippen molar-refractivity contribution in [3.63, 3.8) is 0 Å². The highest BCUT2D eigenvalue weighted by Crippen LogP contribution is 2.36. The minimum atomic E-state index is -0.505. The molecule has 9 heteroatoms. The van der Waals surface area contributed by atoms with E-state index in [1.54, 1.807) is 40.0 Å². The van der Waals surface area contributed by atoms with Gasteiger partial charge in [-0.15, -0.1) is 0 Å². The van der Waals surface area contributed by atoms with Crippen molar-refractivity contribution in [3.05, 3.63) is 84.6 Å². The molecule has 0 aliphatic carbocycles. The number of benzene rings is 2. The predicted molar refractivity (Wildman–Crippen MR) is 124 cm³/mol. The molecule has 3 aromatic heterocycles. The largest absolute Gasteiger partial charge is 0.504 e. The molecule has 5 aromatic rings. The lowest BCUT2D eigenvalue weighted by atomic mass is 10.1. The van der Waals surface area contributed by atoms with Gasteiger partial charge in [-0.05, 0) is 42.9 Å². The molecule has 3 heterocycles. The third-order valence-corrected chi connectivity index (χ3v) is 5.52. The Morgan fingerprint density at radius 1 is 1.06 bits per heavy atom. The molecular weight excluding hydrogens is 421 g/mol. The van der Waals surface area contributed by atoms with E-state index in [0.29, 0.717) is 29.8 Å². The second-order valence-corrected chi connectivity index (χ2v) is 7.59. The molecule has 5 rings (SSSR count). The second-order valence-electron chi connectivity index (χ2n) is 7.59. The van der Waals surface area contributed by atoms with Gasteiger partial charge in [-0.3, -0.25) is 4.57 Å². The molecule has 2 aromatic carbocycles. The summed E-state index contributed by atoms with van der Waals surface area (Å²) in [7, 11) is 1.82. The van der Waals surface area contributed by atoms with Crippen LogP contribution in [-0.2, 0) is 13.1 Å². The zero-order chi connectivity index (χ0) is 22.9. The molecule has 166 valence electrons. The van der Waals surface area contributed by atoms with Crippen molar-refractivity contribution in [2.45, 2.75) is 13.1 Å². The van der Waals surface area contributed by atoms with Crippen LogP contribution in [-0.4, -0.2) is 36.2 Å². The molecule has 4 N–H and O–H groups in total. The summed E-state index contributed by atoms with van der Waals surface area (Å²) in [5, 5.41) is 14.2. The number of hydrogen-bond acceptors (Lipinski definition) is 6. The summed E-state index contributed by atoms with van der Waals surface area (Å²) in [6.07, 6.45) is 6.58. The van der Waals surface area contributed by atoms with E-state index in [1.165, 1.54) is 12.3 Å². The van der Waals surface area contributed by atoms with Crippen molar-refractivity contribution in [2.75, 3.05) is 7.05 Å². The molecule has 0 unspecified atom stereocenters. The first-order valence-electron chi connectivity index (χ1n) is 10.4. The van der Waals surface area contributed by atoms with E-state index in [-0.39, 0.29) is 17.0 Å². The van der Waals surface area contributed by atoms with Crippen LogP contribution in [0.4, 0.5) is 4.39 Å². The van der Waals surface area contributed by atoms with Crippen LogP contribution in [0.1, 0.15) is 11.4 Å². The van der Waals surface area contributed by atoms with E-state index in [1.807, 2.05) is 31.3 Å². The van der Waals surface area contributed by atoms with Crippen LogP contribution in [0.5, 0.6) is 5.75 Å². The number of nitrogens with two attached hydrogens (primary N) is 1. The number of nitrogens with one attached hydrogen (secondary N) is 1. The number of nitrogens with zero attached hydrogens (tertiary/aromatic N) is 5. The van der Waals surface area contributed by atoms with Gasteiger partial charge in [0.15, 0.2) is 5.75 Å². The highest BCUT2D eigenvalue weighted by Gasteiger charge is 2.19. The van der Waals surface area contributed by atoms with E-state index in [9.17, 15) is 5.11 Å². The first kappa shape index (κ1) is 20.8. The fourth-order valence-corrected chi connectivity index (χ4v) is 3.92. The van der Waals surface area contributed by atoms with Gasteiger partial charge >= 0.3 is 0 Å². The number of pyridine rings is 1. The van der Waals surface area contributed by atoms with Crippen LogP contribution < -0.4 is 11.1 Å². The summed E-state index contributed by atoms with van der Waals surface area (Å²) in [4.78, 5) is 12.9. The number of fused-ring (bicyclic) bond motifs is 1. The van der Waals surface area contributed by atoms with Gasteiger partial charge in [0.05, 0.1) is 12.7 Å². The molecule has 0 aliphatic rings. The van der Waals surface area contributed by atoms with Gasteiger partial charge in [0.2, 0.25) is 0 Å². The van der Waals surface area contributed by atoms with Crippen molar-refractivity contribution in [1.29, 1.82) is 0 Å². The maximum Gasteiger partial charge on any atom is 0.168 e. The van der Waals surface area contributed by atoms with Gasteiger partial charge in [0, 0.05) is 35.9 Å². The average Bonchev–Trinajstić information content (AvgIpc) is 3.48. The van der Waals surface area contributed by atoms with Crippen molar-refractivity contribution >= 4 is 11.0 Å². The highest BCUT2D eigenvalue weighted by atomic mass is 19.1. The van der Waals surface area contributed by atoms with Crippen LogP contribution >= 0.6 is 0 Å². The first-order valence-corrected chi connectivity index (χ1v) is 10.4. The summed E-state index contributed by atoms with van der Waals surface area (Å²) in [5.41, 5.74) is 9.42. The lowest BCUT2D eigenvalue weighted by molar-refractivity contribution is 0.479. The zero-order valence-corrected chi connectivity index (χ0v) is 17.9. The van der Waals surface area contributed by atoms with Gasteiger partial charge in [-0.2, -0.15) is 0 Å². The molecule has 0 saturated carbocycles. The average molecular weight is 443 g/mol. The summed E-state index contributed by atoms with van der Waals surface area (Å²) in [5.74, 6) is 0.110. The molecular formula is C24H22FN7O. The molecule has 0 aliphatic heterocycles. The third-order valence-electron chi connectivity index (χ3n) is 5.52. The maximum absolute atomic E-state index is 15.2. The van der Waals surface area contributed by atoms with Crippen LogP contribution in [0.25, 0.3) is 33.7 Å². The molecule has 0 spiro atoms. The molecule has 0 saturated heterocycles. The maximum atomic E-state index is 15.2. The summed E-state index contributed by atoms with van der Waals surface area (Å²) < 4.78 is 18.8. The van der Waals surface area contributed by atoms with Crippen molar-refractivity contribution < 1.29 is 9.50 Å². The Morgan fingerprint density at radius 2 is 1.91 bits per heavy atom. The van der Waals surface area contributed by atoms with Crippen molar-refractivity contribution in [3.8, 4) is 28.4 Å². The number of halogens is 1. The van der Waals surface area contributed by atoms with Crippen LogP contribution in [0, 0.1) is 5.82 Å². The molecule has 0 radical (unpaired) electrons. The number of aromatic nitrogens is 5. The summed E-state index contributed by atoms with van der Waals surface area (Å²) >= 11 is 0. The number of hydrogen-bond donors (Lipinski definition) is 3. The second kappa shape index (κ2) is 8.45. The van der Waals surface area contributed by atoms with Gasteiger partial charge in [-0.1, -0.05) is 12.1 Å². The minimum absolute atomic E-state index is 0.143. The smallest absolute Gasteiger partial charge is 0.168 e. The molecule has 0 amide bonds. The molecule has 8 nitrogen and oxygen atoms in total. The lowest BCUT2D eigenvalue weighted by Crippen LogP contribution is -2.11. The molecule has 0 fully saturated rings. The first-order chi connectivity index (χ1) is 16.1. The third kappa shape index (κ3) is 3.63. The Morgan fingerprint density at radius 3 is 2.70 bits per heavy atom. The Hall–Kier alpha value is -4.08.